The van der Waals surface area contributed by atoms with Crippen LogP contribution >= 0.6 is 0 Å². The summed E-state index contributed by atoms with van der Waals surface area (Å²) >= 11 is 0. The van der Waals surface area contributed by atoms with Crippen LogP contribution in [0.25, 0.3) is 0 Å². The van der Waals surface area contributed by atoms with E-state index in [1.807, 2.05) is 0 Å². The van der Waals surface area contributed by atoms with Gasteiger partial charge in [-0.3, -0.25) is 0 Å². The summed E-state index contributed by atoms with van der Waals surface area (Å²) in [5.41, 5.74) is 0.560. The van der Waals surface area contributed by atoms with Crippen LogP contribution in [0.5, 0.6) is 5.88 Å². The van der Waals surface area contributed by atoms with Crippen molar-refractivity contribution >= 4 is 11.7 Å². The lowest BCUT2D eigenvalue weighted by Gasteiger charge is -2.17. The third-order valence-electron chi connectivity index (χ3n) is 3.36. The van der Waals surface area contributed by atoms with Gasteiger partial charge < -0.3 is 15.0 Å². The molecular weight excluding hydrogens is 287 g/mol. The highest BCUT2D eigenvalue weighted by Gasteiger charge is 2.28. The molecular formula is C15H15FN4O2. The number of hydrogen-bond donors (Lipinski definition) is 1. The Morgan fingerprint density at radius 1 is 1.32 bits per heavy atom. The second kappa shape index (κ2) is 6.38. The number of urea groups is 1. The number of amides is 2. The third kappa shape index (κ3) is 3.49. The van der Waals surface area contributed by atoms with Gasteiger partial charge in [-0.05, 0) is 30.3 Å². The largest absolute Gasteiger partial charge is 0.471 e. The van der Waals surface area contributed by atoms with Gasteiger partial charge in [0, 0.05) is 30.9 Å². The fourth-order valence-corrected chi connectivity index (χ4v) is 2.27. The molecule has 1 aliphatic rings. The van der Waals surface area contributed by atoms with E-state index in [1.165, 1.54) is 24.3 Å². The van der Waals surface area contributed by atoms with Crippen molar-refractivity contribution in [2.45, 2.75) is 12.5 Å². The smallest absolute Gasteiger partial charge is 0.321 e. The van der Waals surface area contributed by atoms with Crippen LogP contribution in [0.1, 0.15) is 6.42 Å². The monoisotopic (exact) mass is 302 g/mol. The number of nitrogens with one attached hydrogen (secondary N) is 1. The van der Waals surface area contributed by atoms with E-state index in [1.54, 1.807) is 23.2 Å². The number of nitrogens with zero attached hydrogens (tertiary/aromatic N) is 3. The van der Waals surface area contributed by atoms with E-state index in [0.29, 0.717) is 24.7 Å². The van der Waals surface area contributed by atoms with E-state index in [2.05, 4.69) is 15.5 Å². The molecule has 1 aromatic carbocycles. The van der Waals surface area contributed by atoms with Crippen LogP contribution < -0.4 is 10.1 Å². The maximum Gasteiger partial charge on any atom is 0.321 e. The molecule has 2 aromatic rings. The van der Waals surface area contributed by atoms with Gasteiger partial charge in [0.2, 0.25) is 5.88 Å². The minimum absolute atomic E-state index is 0.101. The quantitative estimate of drug-likeness (QED) is 0.944. The van der Waals surface area contributed by atoms with Crippen molar-refractivity contribution in [1.29, 1.82) is 0 Å². The number of halogens is 1. The maximum atomic E-state index is 12.8. The van der Waals surface area contributed by atoms with Gasteiger partial charge in [0.25, 0.3) is 0 Å². The molecule has 1 saturated heterocycles. The van der Waals surface area contributed by atoms with Gasteiger partial charge in [-0.15, -0.1) is 5.10 Å². The summed E-state index contributed by atoms with van der Waals surface area (Å²) in [6.07, 6.45) is 2.20. The molecule has 114 valence electrons. The molecule has 1 atom stereocenters. The standard InChI is InChI=1S/C15H15FN4O2/c16-11-3-5-12(6-4-11)18-15(21)20-9-7-13(10-20)22-14-2-1-8-17-19-14/h1-6,8,13H,7,9-10H2,(H,18,21). The fourth-order valence-electron chi connectivity index (χ4n) is 2.27. The van der Waals surface area contributed by atoms with Crippen molar-refractivity contribution in [3.05, 3.63) is 48.4 Å². The third-order valence-corrected chi connectivity index (χ3v) is 3.36. The zero-order valence-corrected chi connectivity index (χ0v) is 11.8. The Morgan fingerprint density at radius 2 is 2.14 bits per heavy atom. The van der Waals surface area contributed by atoms with Crippen LogP contribution in [0.4, 0.5) is 14.9 Å². The van der Waals surface area contributed by atoms with Gasteiger partial charge >= 0.3 is 6.03 Å². The molecule has 0 radical (unpaired) electrons. The zero-order chi connectivity index (χ0) is 15.4. The van der Waals surface area contributed by atoms with Crippen molar-refractivity contribution in [2.24, 2.45) is 0 Å². The first kappa shape index (κ1) is 14.2. The number of hydrogen-bond acceptors (Lipinski definition) is 4. The van der Waals surface area contributed by atoms with Crippen LogP contribution in [-0.4, -0.2) is 40.3 Å². The number of anilines is 1. The van der Waals surface area contributed by atoms with Crippen molar-refractivity contribution < 1.29 is 13.9 Å². The number of ether oxygens (including phenoxy) is 1. The van der Waals surface area contributed by atoms with E-state index in [-0.39, 0.29) is 18.0 Å². The molecule has 0 aliphatic carbocycles. The first-order chi connectivity index (χ1) is 10.7. The fraction of sp³-hybridized carbons (Fsp3) is 0.267. The van der Waals surface area contributed by atoms with Gasteiger partial charge in [0.15, 0.2) is 0 Å². The van der Waals surface area contributed by atoms with E-state index >= 15 is 0 Å². The van der Waals surface area contributed by atoms with E-state index in [0.717, 1.165) is 6.42 Å². The summed E-state index contributed by atoms with van der Waals surface area (Å²) < 4.78 is 18.5. The number of carbonyl (C=O) groups is 1. The Labute approximate surface area is 126 Å². The molecule has 1 fully saturated rings. The zero-order valence-electron chi connectivity index (χ0n) is 11.8. The molecule has 1 aliphatic heterocycles. The maximum absolute atomic E-state index is 12.8. The summed E-state index contributed by atoms with van der Waals surface area (Å²) in [6, 6.07) is 8.91. The van der Waals surface area contributed by atoms with Gasteiger partial charge in [0.1, 0.15) is 11.9 Å². The molecule has 2 heterocycles. The topological polar surface area (TPSA) is 67.4 Å². The van der Waals surface area contributed by atoms with Crippen molar-refractivity contribution in [1.82, 2.24) is 15.1 Å². The predicted molar refractivity (Wildman–Crippen MR) is 78.1 cm³/mol. The number of benzene rings is 1. The molecule has 1 unspecified atom stereocenters. The minimum atomic E-state index is -0.336. The molecule has 0 spiro atoms. The summed E-state index contributed by atoms with van der Waals surface area (Å²) in [4.78, 5) is 13.8. The molecule has 2 amide bonds. The lowest BCUT2D eigenvalue weighted by Crippen LogP contribution is -2.34. The normalized spacial score (nSPS) is 17.3. The second-order valence-corrected chi connectivity index (χ2v) is 4.97. The lowest BCUT2D eigenvalue weighted by atomic mass is 10.3. The van der Waals surface area contributed by atoms with Gasteiger partial charge in [-0.2, -0.15) is 5.10 Å². The highest BCUT2D eigenvalue weighted by Crippen LogP contribution is 2.17. The predicted octanol–water partition coefficient (Wildman–Crippen LogP) is 2.30. The summed E-state index contributed by atoms with van der Waals surface area (Å²) in [5.74, 6) is 0.116. The van der Waals surface area contributed by atoms with Crippen molar-refractivity contribution in [2.75, 3.05) is 18.4 Å². The second-order valence-electron chi connectivity index (χ2n) is 4.97. The number of rotatable bonds is 3. The molecule has 1 N–H and O–H groups in total. The molecule has 7 heteroatoms. The van der Waals surface area contributed by atoms with Crippen LogP contribution in [0.2, 0.25) is 0 Å². The van der Waals surface area contributed by atoms with E-state index in [9.17, 15) is 9.18 Å². The lowest BCUT2D eigenvalue weighted by molar-refractivity contribution is 0.188. The summed E-state index contributed by atoms with van der Waals surface area (Å²) in [7, 11) is 0. The number of carbonyl (C=O) groups excluding carboxylic acids is 1. The summed E-state index contributed by atoms with van der Waals surface area (Å²) in [6.45, 7) is 1.07. The highest BCUT2D eigenvalue weighted by molar-refractivity contribution is 5.89. The first-order valence-electron chi connectivity index (χ1n) is 6.96. The summed E-state index contributed by atoms with van der Waals surface area (Å²) in [5, 5.41) is 10.3. The minimum Gasteiger partial charge on any atom is -0.471 e. The Kier molecular flexibility index (Phi) is 4.13. The van der Waals surface area contributed by atoms with E-state index in [4.69, 9.17) is 4.74 Å². The Bertz CT molecular complexity index is 636. The van der Waals surface area contributed by atoms with Crippen molar-refractivity contribution in [3.63, 3.8) is 0 Å². The average molecular weight is 302 g/mol. The SMILES string of the molecule is O=C(Nc1ccc(F)cc1)N1CCC(Oc2cccnn2)C1. The van der Waals surface area contributed by atoms with Crippen LogP contribution in [0.15, 0.2) is 42.6 Å². The molecule has 0 saturated carbocycles. The van der Waals surface area contributed by atoms with Crippen LogP contribution in [-0.2, 0) is 0 Å². The highest BCUT2D eigenvalue weighted by atomic mass is 19.1. The Balaban J connectivity index is 1.53. The van der Waals surface area contributed by atoms with Gasteiger partial charge in [-0.25, -0.2) is 9.18 Å². The van der Waals surface area contributed by atoms with Gasteiger partial charge in [-0.1, -0.05) is 0 Å². The first-order valence-corrected chi connectivity index (χ1v) is 6.96. The molecule has 6 nitrogen and oxygen atoms in total. The van der Waals surface area contributed by atoms with Crippen LogP contribution in [0, 0.1) is 5.82 Å². The average Bonchev–Trinajstić information content (AvgIpc) is 2.99. The number of likely N-dealkylation sites (tertiary alicyclic amines) is 1. The molecule has 0 bridgehead atoms. The molecule has 22 heavy (non-hydrogen) atoms. The van der Waals surface area contributed by atoms with Crippen LogP contribution in [0.3, 0.4) is 0 Å². The van der Waals surface area contributed by atoms with E-state index < -0.39 is 0 Å². The molecule has 3 rings (SSSR count). The van der Waals surface area contributed by atoms with Gasteiger partial charge in [0.05, 0.1) is 6.54 Å². The molecule has 1 aromatic heterocycles. The van der Waals surface area contributed by atoms with Crippen molar-refractivity contribution in [3.8, 4) is 5.88 Å². The Hall–Kier alpha value is -2.70. The Morgan fingerprint density at radius 3 is 2.86 bits per heavy atom. The number of aromatic nitrogens is 2.